The van der Waals surface area contributed by atoms with E-state index in [1.165, 1.54) is 5.56 Å². The van der Waals surface area contributed by atoms with Gasteiger partial charge in [-0.2, -0.15) is 0 Å². The predicted molar refractivity (Wildman–Crippen MR) is 102 cm³/mol. The Hall–Kier alpha value is -1.43. The first-order valence-electron chi connectivity index (χ1n) is 9.59. The monoisotopic (exact) mass is 344 g/mol. The lowest BCUT2D eigenvalue weighted by molar-refractivity contribution is 0.0691. The summed E-state index contributed by atoms with van der Waals surface area (Å²) in [5.74, 6) is 0.897. The highest BCUT2D eigenvalue weighted by molar-refractivity contribution is 5.94. The molecule has 2 heterocycles. The van der Waals surface area contributed by atoms with Crippen LogP contribution in [0.4, 0.5) is 0 Å². The van der Waals surface area contributed by atoms with E-state index in [4.69, 9.17) is 0 Å². The van der Waals surface area contributed by atoms with Crippen molar-refractivity contribution in [1.29, 1.82) is 0 Å². The summed E-state index contributed by atoms with van der Waals surface area (Å²) in [7, 11) is 4.18. The molecule has 0 aliphatic carbocycles. The number of hydrogen-bond donors (Lipinski definition) is 1. The SMILES string of the molecule is CNCC1CCN(C(=O)c2ccc(CN3CCN(C)CC3)cc2)CC1. The lowest BCUT2D eigenvalue weighted by atomic mass is 9.96. The third-order valence-electron chi connectivity index (χ3n) is 5.60. The van der Waals surface area contributed by atoms with Gasteiger partial charge < -0.3 is 15.1 Å². The number of nitrogens with zero attached hydrogens (tertiary/aromatic N) is 3. The molecule has 1 aromatic rings. The second kappa shape index (κ2) is 8.79. The Balaban J connectivity index is 1.51. The van der Waals surface area contributed by atoms with E-state index >= 15 is 0 Å². The molecule has 0 bridgehead atoms. The van der Waals surface area contributed by atoms with Crippen molar-refractivity contribution in [1.82, 2.24) is 20.0 Å². The molecule has 3 rings (SSSR count). The van der Waals surface area contributed by atoms with Gasteiger partial charge in [0.05, 0.1) is 0 Å². The van der Waals surface area contributed by atoms with Crippen molar-refractivity contribution >= 4 is 5.91 Å². The first-order chi connectivity index (χ1) is 12.2. The number of rotatable bonds is 5. The maximum atomic E-state index is 12.7. The number of benzene rings is 1. The first-order valence-corrected chi connectivity index (χ1v) is 9.59. The van der Waals surface area contributed by atoms with E-state index in [0.29, 0.717) is 5.92 Å². The molecule has 0 aromatic heterocycles. The number of nitrogens with one attached hydrogen (secondary N) is 1. The molecular formula is C20H32N4O. The molecule has 1 amide bonds. The molecule has 0 saturated carbocycles. The molecule has 0 spiro atoms. The maximum absolute atomic E-state index is 12.7. The first kappa shape index (κ1) is 18.4. The van der Waals surface area contributed by atoms with Gasteiger partial charge in [-0.3, -0.25) is 9.69 Å². The molecule has 0 atom stereocenters. The molecule has 1 aromatic carbocycles. The van der Waals surface area contributed by atoms with Crippen LogP contribution in [0.2, 0.25) is 0 Å². The van der Waals surface area contributed by atoms with Crippen LogP contribution < -0.4 is 5.32 Å². The summed E-state index contributed by atoms with van der Waals surface area (Å²) in [6.45, 7) is 8.33. The van der Waals surface area contributed by atoms with E-state index in [0.717, 1.165) is 70.8 Å². The third-order valence-corrected chi connectivity index (χ3v) is 5.60. The average molecular weight is 345 g/mol. The minimum atomic E-state index is 0.189. The predicted octanol–water partition coefficient (Wildman–Crippen LogP) is 1.51. The van der Waals surface area contributed by atoms with E-state index in [1.54, 1.807) is 0 Å². The fraction of sp³-hybridized carbons (Fsp3) is 0.650. The van der Waals surface area contributed by atoms with Crippen molar-refractivity contribution in [2.24, 2.45) is 5.92 Å². The van der Waals surface area contributed by atoms with E-state index < -0.39 is 0 Å². The fourth-order valence-corrected chi connectivity index (χ4v) is 3.83. The molecule has 0 radical (unpaired) electrons. The van der Waals surface area contributed by atoms with Crippen LogP contribution in [0.5, 0.6) is 0 Å². The van der Waals surface area contributed by atoms with Gasteiger partial charge in [-0.1, -0.05) is 12.1 Å². The maximum Gasteiger partial charge on any atom is 0.253 e. The van der Waals surface area contributed by atoms with Crippen molar-refractivity contribution < 1.29 is 4.79 Å². The largest absolute Gasteiger partial charge is 0.339 e. The number of hydrogen-bond acceptors (Lipinski definition) is 4. The number of piperidine rings is 1. The van der Waals surface area contributed by atoms with Crippen molar-refractivity contribution in [2.45, 2.75) is 19.4 Å². The van der Waals surface area contributed by atoms with Gasteiger partial charge in [-0.15, -0.1) is 0 Å². The van der Waals surface area contributed by atoms with Crippen LogP contribution in [-0.4, -0.2) is 80.5 Å². The van der Waals surface area contributed by atoms with Crippen LogP contribution in [-0.2, 0) is 6.54 Å². The molecule has 1 N–H and O–H groups in total. The third kappa shape index (κ3) is 5.03. The lowest BCUT2D eigenvalue weighted by Crippen LogP contribution is -2.43. The van der Waals surface area contributed by atoms with E-state index in [1.807, 2.05) is 24.1 Å². The van der Waals surface area contributed by atoms with Crippen LogP contribution in [0.1, 0.15) is 28.8 Å². The second-order valence-corrected chi connectivity index (χ2v) is 7.57. The highest BCUT2D eigenvalue weighted by Gasteiger charge is 2.23. The van der Waals surface area contributed by atoms with E-state index in [2.05, 4.69) is 34.3 Å². The van der Waals surface area contributed by atoms with Gasteiger partial charge in [0.15, 0.2) is 0 Å². The number of carbonyl (C=O) groups excluding carboxylic acids is 1. The Morgan fingerprint density at radius 3 is 2.28 bits per heavy atom. The Bertz CT molecular complexity index is 543. The van der Waals surface area contributed by atoms with Crippen molar-refractivity contribution in [3.8, 4) is 0 Å². The zero-order chi connectivity index (χ0) is 17.6. The van der Waals surface area contributed by atoms with Gasteiger partial charge in [-0.25, -0.2) is 0 Å². The number of piperazine rings is 1. The van der Waals surface area contributed by atoms with Crippen LogP contribution in [0.3, 0.4) is 0 Å². The van der Waals surface area contributed by atoms with Crippen LogP contribution in [0, 0.1) is 5.92 Å². The quantitative estimate of drug-likeness (QED) is 0.879. The number of likely N-dealkylation sites (tertiary alicyclic amines) is 1. The summed E-state index contributed by atoms with van der Waals surface area (Å²) >= 11 is 0. The highest BCUT2D eigenvalue weighted by Crippen LogP contribution is 2.19. The van der Waals surface area contributed by atoms with Gasteiger partial charge >= 0.3 is 0 Å². The Kier molecular flexibility index (Phi) is 6.45. The Morgan fingerprint density at radius 1 is 1.04 bits per heavy atom. The van der Waals surface area contributed by atoms with Gasteiger partial charge in [0.2, 0.25) is 0 Å². The molecule has 2 saturated heterocycles. The van der Waals surface area contributed by atoms with Gasteiger partial charge in [0.1, 0.15) is 0 Å². The van der Waals surface area contributed by atoms with Gasteiger partial charge in [0, 0.05) is 51.4 Å². The number of likely N-dealkylation sites (N-methyl/N-ethyl adjacent to an activating group) is 1. The summed E-state index contributed by atoms with van der Waals surface area (Å²) in [6, 6.07) is 8.26. The van der Waals surface area contributed by atoms with E-state index in [-0.39, 0.29) is 5.91 Å². The molecule has 2 aliphatic rings. The molecule has 25 heavy (non-hydrogen) atoms. The molecule has 2 fully saturated rings. The van der Waals surface area contributed by atoms with Crippen molar-refractivity contribution in [2.75, 3.05) is 59.9 Å². The van der Waals surface area contributed by atoms with Crippen molar-refractivity contribution in [3.63, 3.8) is 0 Å². The van der Waals surface area contributed by atoms with Gasteiger partial charge in [-0.05, 0) is 57.1 Å². The summed E-state index contributed by atoms with van der Waals surface area (Å²) in [5, 5.41) is 3.25. The zero-order valence-corrected chi connectivity index (χ0v) is 15.7. The van der Waals surface area contributed by atoms with Crippen LogP contribution in [0.15, 0.2) is 24.3 Å². The molecule has 5 nitrogen and oxygen atoms in total. The highest BCUT2D eigenvalue weighted by atomic mass is 16.2. The van der Waals surface area contributed by atoms with Crippen LogP contribution in [0.25, 0.3) is 0 Å². The molecule has 138 valence electrons. The molecule has 5 heteroatoms. The standard InChI is InChI=1S/C20H32N4O/c1-21-15-17-7-9-24(10-8-17)20(25)19-5-3-18(4-6-19)16-23-13-11-22(2)12-14-23/h3-6,17,21H,7-16H2,1-2H3. The lowest BCUT2D eigenvalue weighted by Gasteiger charge is -2.32. The van der Waals surface area contributed by atoms with Crippen molar-refractivity contribution in [3.05, 3.63) is 35.4 Å². The summed E-state index contributed by atoms with van der Waals surface area (Å²) in [6.07, 6.45) is 2.21. The number of carbonyl (C=O) groups is 1. The number of amides is 1. The molecule has 0 unspecified atom stereocenters. The summed E-state index contributed by atoms with van der Waals surface area (Å²) in [5.41, 5.74) is 2.13. The second-order valence-electron chi connectivity index (χ2n) is 7.57. The normalized spacial score (nSPS) is 20.8. The minimum Gasteiger partial charge on any atom is -0.339 e. The van der Waals surface area contributed by atoms with Crippen LogP contribution >= 0.6 is 0 Å². The summed E-state index contributed by atoms with van der Waals surface area (Å²) in [4.78, 5) is 19.6. The zero-order valence-electron chi connectivity index (χ0n) is 15.7. The Morgan fingerprint density at radius 2 is 1.68 bits per heavy atom. The minimum absolute atomic E-state index is 0.189. The smallest absolute Gasteiger partial charge is 0.253 e. The molecule has 2 aliphatic heterocycles. The Labute approximate surface area is 152 Å². The summed E-state index contributed by atoms with van der Waals surface area (Å²) < 4.78 is 0. The van der Waals surface area contributed by atoms with Gasteiger partial charge in [0.25, 0.3) is 5.91 Å². The average Bonchev–Trinajstić information content (AvgIpc) is 2.65. The fourth-order valence-electron chi connectivity index (χ4n) is 3.83. The van der Waals surface area contributed by atoms with E-state index in [9.17, 15) is 4.79 Å². The topological polar surface area (TPSA) is 38.8 Å². The molecular weight excluding hydrogens is 312 g/mol.